The van der Waals surface area contributed by atoms with Crippen molar-refractivity contribution in [3.63, 3.8) is 0 Å². The summed E-state index contributed by atoms with van der Waals surface area (Å²) in [4.78, 5) is 15.2. The lowest BCUT2D eigenvalue weighted by atomic mass is 9.76. The zero-order chi connectivity index (χ0) is 15.0. The highest BCUT2D eigenvalue weighted by Crippen LogP contribution is 2.33. The summed E-state index contributed by atoms with van der Waals surface area (Å²) >= 11 is 0. The van der Waals surface area contributed by atoms with Crippen LogP contribution in [0.1, 0.15) is 52.9 Å². The van der Waals surface area contributed by atoms with E-state index in [0.29, 0.717) is 25.1 Å². The number of hydrogen-bond acceptors (Lipinski definition) is 3. The molecule has 1 saturated heterocycles. The molecular weight excluding hydrogens is 252 g/mol. The minimum absolute atomic E-state index is 0.200. The molecule has 118 valence electrons. The van der Waals surface area contributed by atoms with Crippen LogP contribution in [-0.2, 0) is 9.53 Å². The van der Waals surface area contributed by atoms with E-state index in [0.717, 1.165) is 45.2 Å². The van der Waals surface area contributed by atoms with Gasteiger partial charge in [0.05, 0.1) is 12.0 Å². The topological polar surface area (TPSA) is 41.6 Å². The fourth-order valence-corrected chi connectivity index (χ4v) is 3.28. The Kier molecular flexibility index (Phi) is 7.52. The highest BCUT2D eigenvalue weighted by molar-refractivity contribution is 5.83. The first-order chi connectivity index (χ1) is 9.65. The zero-order valence-electron chi connectivity index (χ0n) is 13.7. The molecule has 4 heteroatoms. The van der Waals surface area contributed by atoms with Crippen LogP contribution in [0.3, 0.4) is 0 Å². The molecule has 20 heavy (non-hydrogen) atoms. The molecule has 1 unspecified atom stereocenters. The molecule has 1 rings (SSSR count). The molecule has 1 atom stereocenters. The Morgan fingerprint density at radius 1 is 1.35 bits per heavy atom. The van der Waals surface area contributed by atoms with Crippen LogP contribution in [0.2, 0.25) is 0 Å². The monoisotopic (exact) mass is 284 g/mol. The maximum Gasteiger partial charge on any atom is 0.230 e. The van der Waals surface area contributed by atoms with Gasteiger partial charge in [0.1, 0.15) is 0 Å². The first-order valence-electron chi connectivity index (χ1n) is 8.15. The predicted molar refractivity (Wildman–Crippen MR) is 82.8 cm³/mol. The summed E-state index contributed by atoms with van der Waals surface area (Å²) in [6.07, 6.45) is 5.06. The van der Waals surface area contributed by atoms with Crippen molar-refractivity contribution in [2.24, 2.45) is 5.41 Å². The molecule has 0 aromatic rings. The van der Waals surface area contributed by atoms with Gasteiger partial charge in [-0.25, -0.2) is 0 Å². The van der Waals surface area contributed by atoms with Gasteiger partial charge in [0.25, 0.3) is 0 Å². The Labute approximate surface area is 124 Å². The molecule has 1 heterocycles. The van der Waals surface area contributed by atoms with E-state index in [9.17, 15) is 4.79 Å². The van der Waals surface area contributed by atoms with E-state index in [1.165, 1.54) is 0 Å². The molecule has 0 aromatic carbocycles. The molecule has 0 bridgehead atoms. The highest BCUT2D eigenvalue weighted by atomic mass is 16.5. The number of hydrogen-bond donors (Lipinski definition) is 1. The minimum Gasteiger partial charge on any atom is -0.383 e. The van der Waals surface area contributed by atoms with Gasteiger partial charge in [-0.05, 0) is 38.6 Å². The van der Waals surface area contributed by atoms with Crippen molar-refractivity contribution in [1.29, 1.82) is 0 Å². The van der Waals surface area contributed by atoms with E-state index < -0.39 is 0 Å². The third-order valence-corrected chi connectivity index (χ3v) is 4.78. The van der Waals surface area contributed by atoms with Crippen molar-refractivity contribution in [1.82, 2.24) is 10.2 Å². The van der Waals surface area contributed by atoms with Gasteiger partial charge >= 0.3 is 0 Å². The normalized spacial score (nSPS) is 23.1. The predicted octanol–water partition coefficient (Wildman–Crippen LogP) is 2.43. The van der Waals surface area contributed by atoms with E-state index in [4.69, 9.17) is 4.74 Å². The van der Waals surface area contributed by atoms with Crippen LogP contribution in [0, 0.1) is 5.41 Å². The van der Waals surface area contributed by atoms with Crippen molar-refractivity contribution >= 4 is 5.91 Å². The largest absolute Gasteiger partial charge is 0.383 e. The molecule has 1 fully saturated rings. The van der Waals surface area contributed by atoms with Gasteiger partial charge in [0, 0.05) is 26.2 Å². The number of nitrogens with zero attached hydrogens (tertiary/aromatic N) is 1. The van der Waals surface area contributed by atoms with E-state index >= 15 is 0 Å². The number of amides is 1. The molecule has 0 aliphatic carbocycles. The Hall–Kier alpha value is -0.610. The van der Waals surface area contributed by atoms with Crippen LogP contribution in [0.25, 0.3) is 0 Å². The smallest absolute Gasteiger partial charge is 0.230 e. The van der Waals surface area contributed by atoms with Gasteiger partial charge in [-0.1, -0.05) is 20.8 Å². The summed E-state index contributed by atoms with van der Waals surface area (Å²) in [6.45, 7) is 9.67. The zero-order valence-corrected chi connectivity index (χ0v) is 13.7. The summed E-state index contributed by atoms with van der Waals surface area (Å²) in [7, 11) is 1.70. The van der Waals surface area contributed by atoms with Crippen LogP contribution < -0.4 is 5.32 Å². The van der Waals surface area contributed by atoms with Crippen molar-refractivity contribution in [2.45, 2.75) is 58.9 Å². The van der Waals surface area contributed by atoms with E-state index in [1.807, 2.05) is 0 Å². The molecule has 0 spiro atoms. The minimum atomic E-state index is -0.200. The molecule has 0 aromatic heterocycles. The van der Waals surface area contributed by atoms with Crippen molar-refractivity contribution < 1.29 is 9.53 Å². The third kappa shape index (κ3) is 3.95. The number of carbonyl (C=O) groups excluding carboxylic acids is 1. The Morgan fingerprint density at radius 2 is 2.05 bits per heavy atom. The van der Waals surface area contributed by atoms with Gasteiger partial charge in [0.2, 0.25) is 5.91 Å². The van der Waals surface area contributed by atoms with Gasteiger partial charge in [-0.15, -0.1) is 0 Å². The van der Waals surface area contributed by atoms with Gasteiger partial charge in [-0.2, -0.15) is 0 Å². The van der Waals surface area contributed by atoms with Crippen LogP contribution in [0.15, 0.2) is 0 Å². The standard InChI is InChI=1S/C16H32N2O2/c1-5-14(6-2)18(11-12-20-4)15(19)16(7-3)9-8-10-17-13-16/h14,17H,5-13H2,1-4H3. The second-order valence-corrected chi connectivity index (χ2v) is 5.88. The first-order valence-corrected chi connectivity index (χ1v) is 8.15. The third-order valence-electron chi connectivity index (χ3n) is 4.78. The lowest BCUT2D eigenvalue weighted by Gasteiger charge is -2.42. The highest BCUT2D eigenvalue weighted by Gasteiger charge is 2.41. The Morgan fingerprint density at radius 3 is 2.50 bits per heavy atom. The summed E-state index contributed by atoms with van der Waals surface area (Å²) in [5.41, 5.74) is -0.200. The SMILES string of the molecule is CCC(CC)N(CCOC)C(=O)C1(CC)CCCNC1. The number of rotatable bonds is 8. The van der Waals surface area contributed by atoms with Crippen molar-refractivity contribution in [3.05, 3.63) is 0 Å². The average Bonchev–Trinajstić information content (AvgIpc) is 2.51. The average molecular weight is 284 g/mol. The number of nitrogens with one attached hydrogen (secondary N) is 1. The van der Waals surface area contributed by atoms with Crippen molar-refractivity contribution in [2.75, 3.05) is 33.4 Å². The maximum absolute atomic E-state index is 13.1. The molecule has 1 N–H and O–H groups in total. The number of methoxy groups -OCH3 is 1. The molecule has 1 amide bonds. The quantitative estimate of drug-likeness (QED) is 0.744. The molecule has 0 radical (unpaired) electrons. The number of piperidine rings is 1. The molecular formula is C16H32N2O2. The van der Waals surface area contributed by atoms with E-state index in [-0.39, 0.29) is 5.41 Å². The summed E-state index contributed by atoms with van der Waals surface area (Å²) < 4.78 is 5.21. The van der Waals surface area contributed by atoms with Crippen LogP contribution in [0.4, 0.5) is 0 Å². The lowest BCUT2D eigenvalue weighted by Crippen LogP contribution is -2.54. The van der Waals surface area contributed by atoms with Gasteiger partial charge in [0.15, 0.2) is 0 Å². The molecule has 1 aliphatic heterocycles. The Bertz CT molecular complexity index is 284. The fourth-order valence-electron chi connectivity index (χ4n) is 3.28. The second kappa shape index (κ2) is 8.63. The number of ether oxygens (including phenoxy) is 1. The molecule has 4 nitrogen and oxygen atoms in total. The number of carbonyl (C=O) groups is 1. The second-order valence-electron chi connectivity index (χ2n) is 5.88. The van der Waals surface area contributed by atoms with Crippen LogP contribution in [-0.4, -0.2) is 50.2 Å². The molecule has 1 aliphatic rings. The van der Waals surface area contributed by atoms with E-state index in [1.54, 1.807) is 7.11 Å². The van der Waals surface area contributed by atoms with Crippen molar-refractivity contribution in [3.8, 4) is 0 Å². The summed E-state index contributed by atoms with van der Waals surface area (Å²) in [5.74, 6) is 0.331. The van der Waals surface area contributed by atoms with Gasteiger partial charge < -0.3 is 15.0 Å². The van der Waals surface area contributed by atoms with Crippen LogP contribution in [0.5, 0.6) is 0 Å². The summed E-state index contributed by atoms with van der Waals surface area (Å²) in [6, 6.07) is 0.336. The Balaban J connectivity index is 2.88. The fraction of sp³-hybridized carbons (Fsp3) is 0.938. The maximum atomic E-state index is 13.1. The van der Waals surface area contributed by atoms with E-state index in [2.05, 4.69) is 31.0 Å². The van der Waals surface area contributed by atoms with Crippen LogP contribution >= 0.6 is 0 Å². The summed E-state index contributed by atoms with van der Waals surface area (Å²) in [5, 5.41) is 3.41. The first kappa shape index (κ1) is 17.4. The van der Waals surface area contributed by atoms with Gasteiger partial charge in [-0.3, -0.25) is 4.79 Å². The molecule has 0 saturated carbocycles. The lowest BCUT2D eigenvalue weighted by molar-refractivity contribution is -0.147.